The third-order valence-corrected chi connectivity index (χ3v) is 5.77. The second kappa shape index (κ2) is 7.58. The van der Waals surface area contributed by atoms with Crippen LogP contribution < -0.4 is 5.32 Å². The van der Waals surface area contributed by atoms with Crippen molar-refractivity contribution in [2.75, 3.05) is 12.4 Å². The zero-order valence-corrected chi connectivity index (χ0v) is 15.3. The smallest absolute Gasteiger partial charge is 0.350 e. The Morgan fingerprint density at radius 3 is 2.31 bits per heavy atom. The molecule has 142 valence electrons. The summed E-state index contributed by atoms with van der Waals surface area (Å²) in [5.41, 5.74) is -0.356. The van der Waals surface area contributed by atoms with Gasteiger partial charge in [-0.1, -0.05) is 12.1 Å². The van der Waals surface area contributed by atoms with E-state index in [1.807, 2.05) is 0 Å². The fraction of sp³-hybridized carbons (Fsp3) is 0.375. The second-order valence-electron chi connectivity index (χ2n) is 5.88. The standard InChI is InChI=1S/C16H19F3N4O2S/c1-11(2)23(3)26(24,25)13-6-4-12(5-7-13)10-21-15-20-9-8-14(22-15)16(17,18)19/h4-9,11H,10H2,1-3H3,(H,20,21,22). The average molecular weight is 388 g/mol. The molecule has 2 aromatic rings. The van der Waals surface area contributed by atoms with Gasteiger partial charge in [-0.25, -0.2) is 18.4 Å². The normalized spacial score (nSPS) is 12.6. The zero-order valence-electron chi connectivity index (χ0n) is 14.4. The van der Waals surface area contributed by atoms with E-state index in [4.69, 9.17) is 0 Å². The Kier molecular flexibility index (Phi) is 5.87. The maximum Gasteiger partial charge on any atom is 0.433 e. The van der Waals surface area contributed by atoms with Gasteiger partial charge in [-0.3, -0.25) is 0 Å². The van der Waals surface area contributed by atoms with Crippen LogP contribution in [0, 0.1) is 0 Å². The molecule has 0 aliphatic carbocycles. The predicted octanol–water partition coefficient (Wildman–Crippen LogP) is 3.14. The lowest BCUT2D eigenvalue weighted by molar-refractivity contribution is -0.141. The van der Waals surface area contributed by atoms with Crippen LogP contribution in [0.3, 0.4) is 0 Å². The van der Waals surface area contributed by atoms with Crippen molar-refractivity contribution in [2.24, 2.45) is 0 Å². The molecule has 10 heteroatoms. The fourth-order valence-electron chi connectivity index (χ4n) is 2.01. The van der Waals surface area contributed by atoms with Crippen LogP contribution in [-0.2, 0) is 22.7 Å². The third kappa shape index (κ3) is 4.70. The van der Waals surface area contributed by atoms with Crippen LogP contribution in [-0.4, -0.2) is 35.8 Å². The van der Waals surface area contributed by atoms with E-state index >= 15 is 0 Å². The van der Waals surface area contributed by atoms with Gasteiger partial charge in [0.15, 0.2) is 0 Å². The number of aromatic nitrogens is 2. The van der Waals surface area contributed by atoms with E-state index < -0.39 is 21.9 Å². The minimum Gasteiger partial charge on any atom is -0.350 e. The van der Waals surface area contributed by atoms with Crippen molar-refractivity contribution in [1.29, 1.82) is 0 Å². The molecule has 1 N–H and O–H groups in total. The Labute approximate surface area is 150 Å². The van der Waals surface area contributed by atoms with Crippen LogP contribution in [0.25, 0.3) is 0 Å². The highest BCUT2D eigenvalue weighted by molar-refractivity contribution is 7.89. The molecular weight excluding hydrogens is 369 g/mol. The lowest BCUT2D eigenvalue weighted by atomic mass is 10.2. The number of alkyl halides is 3. The molecule has 26 heavy (non-hydrogen) atoms. The summed E-state index contributed by atoms with van der Waals surface area (Å²) in [6, 6.07) is 6.69. The summed E-state index contributed by atoms with van der Waals surface area (Å²) in [6.07, 6.45) is -3.52. The van der Waals surface area contributed by atoms with Gasteiger partial charge in [0.05, 0.1) is 4.90 Å². The molecule has 0 amide bonds. The number of halogens is 3. The summed E-state index contributed by atoms with van der Waals surface area (Å²) in [5, 5.41) is 2.69. The quantitative estimate of drug-likeness (QED) is 0.823. The lowest BCUT2D eigenvalue weighted by Crippen LogP contribution is -2.33. The van der Waals surface area contributed by atoms with Crippen molar-refractivity contribution < 1.29 is 21.6 Å². The molecule has 1 heterocycles. The summed E-state index contributed by atoms with van der Waals surface area (Å²) >= 11 is 0. The number of rotatable bonds is 6. The molecule has 0 spiro atoms. The van der Waals surface area contributed by atoms with E-state index in [2.05, 4.69) is 15.3 Å². The molecule has 0 unspecified atom stereocenters. The molecule has 1 aromatic carbocycles. The van der Waals surface area contributed by atoms with Crippen LogP contribution in [0.5, 0.6) is 0 Å². The molecular formula is C16H19F3N4O2S. The first-order valence-electron chi connectivity index (χ1n) is 7.73. The van der Waals surface area contributed by atoms with Crippen molar-refractivity contribution in [3.05, 3.63) is 47.8 Å². The number of nitrogens with one attached hydrogen (secondary N) is 1. The van der Waals surface area contributed by atoms with Crippen molar-refractivity contribution in [2.45, 2.75) is 37.5 Å². The molecule has 1 aromatic heterocycles. The first-order chi connectivity index (χ1) is 12.0. The van der Waals surface area contributed by atoms with Gasteiger partial charge in [-0.05, 0) is 37.6 Å². The van der Waals surface area contributed by atoms with Gasteiger partial charge in [0, 0.05) is 25.8 Å². The minimum absolute atomic E-state index is 0.146. The summed E-state index contributed by atoms with van der Waals surface area (Å²) in [4.78, 5) is 7.30. The molecule has 0 aliphatic rings. The average Bonchev–Trinajstić information content (AvgIpc) is 2.59. The van der Waals surface area contributed by atoms with Gasteiger partial charge in [0.1, 0.15) is 5.69 Å². The summed E-state index contributed by atoms with van der Waals surface area (Å²) < 4.78 is 63.9. The van der Waals surface area contributed by atoms with E-state index in [1.165, 1.54) is 23.5 Å². The molecule has 0 saturated carbocycles. The first-order valence-corrected chi connectivity index (χ1v) is 9.17. The Balaban J connectivity index is 2.09. The third-order valence-electron chi connectivity index (χ3n) is 3.72. The van der Waals surface area contributed by atoms with Gasteiger partial charge in [-0.2, -0.15) is 17.5 Å². The number of sulfonamides is 1. The molecule has 6 nitrogen and oxygen atoms in total. The van der Waals surface area contributed by atoms with Gasteiger partial charge in [0.25, 0.3) is 0 Å². The van der Waals surface area contributed by atoms with E-state index in [0.29, 0.717) is 5.56 Å². The monoisotopic (exact) mass is 388 g/mol. The van der Waals surface area contributed by atoms with E-state index in [9.17, 15) is 21.6 Å². The predicted molar refractivity (Wildman–Crippen MR) is 90.9 cm³/mol. The minimum atomic E-state index is -4.54. The van der Waals surface area contributed by atoms with Crippen molar-refractivity contribution in [3.8, 4) is 0 Å². The second-order valence-corrected chi connectivity index (χ2v) is 7.87. The molecule has 0 aliphatic heterocycles. The highest BCUT2D eigenvalue weighted by Crippen LogP contribution is 2.27. The highest BCUT2D eigenvalue weighted by Gasteiger charge is 2.32. The van der Waals surface area contributed by atoms with Crippen LogP contribution in [0.4, 0.5) is 19.1 Å². The maximum atomic E-state index is 12.6. The molecule has 2 rings (SSSR count). The number of nitrogens with zero attached hydrogens (tertiary/aromatic N) is 3. The Morgan fingerprint density at radius 2 is 1.77 bits per heavy atom. The molecule has 0 atom stereocenters. The Morgan fingerprint density at radius 1 is 1.15 bits per heavy atom. The summed E-state index contributed by atoms with van der Waals surface area (Å²) in [5.74, 6) is -0.156. The zero-order chi connectivity index (χ0) is 19.5. The lowest BCUT2D eigenvalue weighted by Gasteiger charge is -2.21. The fourth-order valence-corrected chi connectivity index (χ4v) is 3.37. The Bertz CT molecular complexity index is 853. The number of anilines is 1. The SMILES string of the molecule is CC(C)N(C)S(=O)(=O)c1ccc(CNc2nccc(C(F)(F)F)n2)cc1. The molecule has 0 radical (unpaired) electrons. The van der Waals surface area contributed by atoms with Crippen LogP contribution in [0.15, 0.2) is 41.4 Å². The van der Waals surface area contributed by atoms with Crippen molar-refractivity contribution in [3.63, 3.8) is 0 Å². The maximum absolute atomic E-state index is 12.6. The number of benzene rings is 1. The number of hydrogen-bond donors (Lipinski definition) is 1. The molecule has 0 saturated heterocycles. The van der Waals surface area contributed by atoms with Gasteiger partial charge in [-0.15, -0.1) is 0 Å². The van der Waals surface area contributed by atoms with Crippen LogP contribution >= 0.6 is 0 Å². The summed E-state index contributed by atoms with van der Waals surface area (Å²) in [6.45, 7) is 3.69. The van der Waals surface area contributed by atoms with E-state index in [1.54, 1.807) is 26.0 Å². The topological polar surface area (TPSA) is 75.2 Å². The van der Waals surface area contributed by atoms with E-state index in [-0.39, 0.29) is 23.4 Å². The molecule has 0 fully saturated rings. The number of hydrogen-bond acceptors (Lipinski definition) is 5. The highest BCUT2D eigenvalue weighted by atomic mass is 32.2. The summed E-state index contributed by atoms with van der Waals surface area (Å²) in [7, 11) is -2.08. The van der Waals surface area contributed by atoms with Crippen LogP contribution in [0.2, 0.25) is 0 Å². The van der Waals surface area contributed by atoms with Crippen molar-refractivity contribution in [1.82, 2.24) is 14.3 Å². The molecule has 0 bridgehead atoms. The van der Waals surface area contributed by atoms with E-state index in [0.717, 1.165) is 12.3 Å². The van der Waals surface area contributed by atoms with Gasteiger partial charge >= 0.3 is 6.18 Å². The van der Waals surface area contributed by atoms with Gasteiger partial charge < -0.3 is 5.32 Å². The van der Waals surface area contributed by atoms with Crippen molar-refractivity contribution >= 4 is 16.0 Å². The van der Waals surface area contributed by atoms with Gasteiger partial charge in [0.2, 0.25) is 16.0 Å². The van der Waals surface area contributed by atoms with Crippen LogP contribution in [0.1, 0.15) is 25.1 Å². The Hall–Kier alpha value is -2.20. The first kappa shape index (κ1) is 20.1. The largest absolute Gasteiger partial charge is 0.433 e.